The molecule has 1 unspecified atom stereocenters. The smallest absolute Gasteiger partial charge is 0.328 e. The molecule has 3 aromatic rings. The number of aromatic nitrogens is 1. The van der Waals surface area contributed by atoms with Crippen LogP contribution in [0, 0.1) is 6.92 Å². The molecular weight excluding hydrogens is 316 g/mol. The minimum absolute atomic E-state index is 0.296. The van der Waals surface area contributed by atoms with E-state index >= 15 is 0 Å². The first-order chi connectivity index (χ1) is 12.1. The van der Waals surface area contributed by atoms with Gasteiger partial charge >= 0.3 is 5.97 Å². The van der Waals surface area contributed by atoms with Gasteiger partial charge in [0.15, 0.2) is 0 Å². The van der Waals surface area contributed by atoms with Crippen molar-refractivity contribution in [2.24, 2.45) is 0 Å². The van der Waals surface area contributed by atoms with Gasteiger partial charge in [0.05, 0.1) is 7.11 Å². The molecular formula is C20H20N2O3. The Kier molecular flexibility index (Phi) is 4.84. The molecule has 0 fully saturated rings. The van der Waals surface area contributed by atoms with Gasteiger partial charge in [-0.25, -0.2) is 4.79 Å². The van der Waals surface area contributed by atoms with E-state index in [4.69, 9.17) is 4.74 Å². The van der Waals surface area contributed by atoms with E-state index in [0.717, 1.165) is 22.0 Å². The first-order valence-corrected chi connectivity index (χ1v) is 8.09. The second kappa shape index (κ2) is 7.21. The number of methoxy groups -OCH3 is 1. The summed E-state index contributed by atoms with van der Waals surface area (Å²) in [4.78, 5) is 27.8. The number of H-pyrrole nitrogens is 1. The Morgan fingerprint density at radius 2 is 1.84 bits per heavy atom. The third-order valence-electron chi connectivity index (χ3n) is 4.20. The molecule has 128 valence electrons. The summed E-state index contributed by atoms with van der Waals surface area (Å²) in [5.41, 5.74) is 3.53. The molecule has 1 atom stereocenters. The highest BCUT2D eigenvalue weighted by molar-refractivity contribution is 5.97. The third kappa shape index (κ3) is 3.71. The number of aryl methyl sites for hydroxylation is 1. The molecule has 0 saturated heterocycles. The normalized spacial score (nSPS) is 11.9. The molecule has 0 spiro atoms. The summed E-state index contributed by atoms with van der Waals surface area (Å²) in [5.74, 6) is -0.763. The van der Waals surface area contributed by atoms with Gasteiger partial charge in [0.2, 0.25) is 0 Å². The van der Waals surface area contributed by atoms with Gasteiger partial charge < -0.3 is 15.0 Å². The Bertz CT molecular complexity index is 897. The van der Waals surface area contributed by atoms with Crippen molar-refractivity contribution >= 4 is 22.8 Å². The zero-order valence-corrected chi connectivity index (χ0v) is 14.2. The number of benzene rings is 2. The van der Waals surface area contributed by atoms with E-state index < -0.39 is 12.0 Å². The number of aromatic amines is 1. The summed E-state index contributed by atoms with van der Waals surface area (Å²) in [6.07, 6.45) is 2.22. The van der Waals surface area contributed by atoms with Crippen molar-refractivity contribution in [3.8, 4) is 0 Å². The van der Waals surface area contributed by atoms with Gasteiger partial charge in [-0.1, -0.05) is 35.9 Å². The molecule has 0 saturated carbocycles. The maximum absolute atomic E-state index is 12.5. The molecule has 25 heavy (non-hydrogen) atoms. The zero-order valence-electron chi connectivity index (χ0n) is 14.2. The maximum atomic E-state index is 12.5. The van der Waals surface area contributed by atoms with E-state index in [1.54, 1.807) is 12.1 Å². The van der Waals surface area contributed by atoms with Crippen LogP contribution in [0.3, 0.4) is 0 Å². The number of fused-ring (bicyclic) bond motifs is 1. The number of ether oxygens (including phenoxy) is 1. The Labute approximate surface area is 146 Å². The molecule has 2 N–H and O–H groups in total. The summed E-state index contributed by atoms with van der Waals surface area (Å²) >= 11 is 0. The molecule has 0 radical (unpaired) electrons. The summed E-state index contributed by atoms with van der Waals surface area (Å²) in [5, 5.41) is 3.81. The lowest BCUT2D eigenvalue weighted by atomic mass is 10.0. The van der Waals surface area contributed by atoms with Gasteiger partial charge in [-0.2, -0.15) is 0 Å². The minimum Gasteiger partial charge on any atom is -0.467 e. The average molecular weight is 336 g/mol. The first kappa shape index (κ1) is 16.8. The van der Waals surface area contributed by atoms with E-state index in [-0.39, 0.29) is 5.91 Å². The van der Waals surface area contributed by atoms with Gasteiger partial charge in [-0.3, -0.25) is 4.79 Å². The van der Waals surface area contributed by atoms with E-state index in [1.165, 1.54) is 7.11 Å². The van der Waals surface area contributed by atoms with Crippen molar-refractivity contribution in [3.63, 3.8) is 0 Å². The van der Waals surface area contributed by atoms with Crippen molar-refractivity contribution in [1.82, 2.24) is 10.3 Å². The molecule has 0 bridgehead atoms. The van der Waals surface area contributed by atoms with Crippen LogP contribution in [0.5, 0.6) is 0 Å². The van der Waals surface area contributed by atoms with E-state index in [0.29, 0.717) is 12.0 Å². The number of para-hydroxylation sites is 1. The van der Waals surface area contributed by atoms with Gasteiger partial charge in [0.25, 0.3) is 5.91 Å². The molecule has 5 nitrogen and oxygen atoms in total. The Morgan fingerprint density at radius 3 is 2.56 bits per heavy atom. The third-order valence-corrected chi connectivity index (χ3v) is 4.20. The largest absolute Gasteiger partial charge is 0.467 e. The molecule has 1 aromatic heterocycles. The Hall–Kier alpha value is -3.08. The molecule has 1 heterocycles. The summed E-state index contributed by atoms with van der Waals surface area (Å²) < 4.78 is 4.87. The van der Waals surface area contributed by atoms with Crippen LogP contribution in [0.25, 0.3) is 10.9 Å². The van der Waals surface area contributed by atoms with Crippen LogP contribution in [0.15, 0.2) is 54.7 Å². The summed E-state index contributed by atoms with van der Waals surface area (Å²) in [7, 11) is 1.32. The number of carbonyl (C=O) groups is 2. The van der Waals surface area contributed by atoms with Crippen LogP contribution in [0.1, 0.15) is 21.5 Å². The predicted molar refractivity (Wildman–Crippen MR) is 96.5 cm³/mol. The maximum Gasteiger partial charge on any atom is 0.328 e. The second-order valence-corrected chi connectivity index (χ2v) is 5.98. The molecule has 3 rings (SSSR count). The van der Waals surface area contributed by atoms with Crippen molar-refractivity contribution in [2.75, 3.05) is 7.11 Å². The number of esters is 1. The lowest BCUT2D eigenvalue weighted by molar-refractivity contribution is -0.142. The highest BCUT2D eigenvalue weighted by Crippen LogP contribution is 2.19. The topological polar surface area (TPSA) is 71.2 Å². The SMILES string of the molecule is COC(=O)C(Cc1c[nH]c2ccccc12)NC(=O)c1ccc(C)cc1. The van der Waals surface area contributed by atoms with Crippen molar-refractivity contribution in [3.05, 3.63) is 71.4 Å². The molecule has 0 aliphatic rings. The molecule has 1 amide bonds. The first-order valence-electron chi connectivity index (χ1n) is 8.09. The number of hydrogen-bond donors (Lipinski definition) is 2. The zero-order chi connectivity index (χ0) is 17.8. The quantitative estimate of drug-likeness (QED) is 0.704. The number of amides is 1. The standard InChI is InChI=1S/C20H20N2O3/c1-13-7-9-14(10-8-13)19(23)22-18(20(24)25-2)11-15-12-21-17-6-4-3-5-16(15)17/h3-10,12,18,21H,11H2,1-2H3,(H,22,23). The fraction of sp³-hybridized carbons (Fsp3) is 0.200. The van der Waals surface area contributed by atoms with E-state index in [9.17, 15) is 9.59 Å². The monoisotopic (exact) mass is 336 g/mol. The highest BCUT2D eigenvalue weighted by atomic mass is 16.5. The van der Waals surface area contributed by atoms with E-state index in [2.05, 4.69) is 10.3 Å². The van der Waals surface area contributed by atoms with Gasteiger partial charge in [0.1, 0.15) is 6.04 Å². The fourth-order valence-electron chi connectivity index (χ4n) is 2.80. The average Bonchev–Trinajstić information content (AvgIpc) is 3.04. The molecule has 0 aliphatic heterocycles. The lowest BCUT2D eigenvalue weighted by Gasteiger charge is -2.16. The van der Waals surface area contributed by atoms with Gasteiger partial charge in [-0.05, 0) is 30.7 Å². The fourth-order valence-corrected chi connectivity index (χ4v) is 2.80. The summed E-state index contributed by atoms with van der Waals surface area (Å²) in [6, 6.07) is 14.3. The van der Waals surface area contributed by atoms with Crippen molar-refractivity contribution in [2.45, 2.75) is 19.4 Å². The van der Waals surface area contributed by atoms with Gasteiger partial charge in [-0.15, -0.1) is 0 Å². The van der Waals surface area contributed by atoms with Crippen LogP contribution in [-0.4, -0.2) is 30.0 Å². The number of nitrogens with one attached hydrogen (secondary N) is 2. The van der Waals surface area contributed by atoms with E-state index in [1.807, 2.05) is 49.5 Å². The van der Waals surface area contributed by atoms with Crippen LogP contribution < -0.4 is 5.32 Å². The van der Waals surface area contributed by atoms with Crippen LogP contribution in [-0.2, 0) is 16.0 Å². The second-order valence-electron chi connectivity index (χ2n) is 5.98. The number of hydrogen-bond acceptors (Lipinski definition) is 3. The molecule has 5 heteroatoms. The summed E-state index contributed by atoms with van der Waals surface area (Å²) in [6.45, 7) is 1.95. The van der Waals surface area contributed by atoms with Crippen molar-refractivity contribution < 1.29 is 14.3 Å². The van der Waals surface area contributed by atoms with Crippen molar-refractivity contribution in [1.29, 1.82) is 0 Å². The van der Waals surface area contributed by atoms with Crippen LogP contribution in [0.4, 0.5) is 0 Å². The number of carbonyl (C=O) groups excluding carboxylic acids is 2. The predicted octanol–water partition coefficient (Wildman–Crippen LogP) is 2.99. The van der Waals surface area contributed by atoms with Crippen LogP contribution in [0.2, 0.25) is 0 Å². The molecule has 2 aromatic carbocycles. The minimum atomic E-state index is -0.752. The van der Waals surface area contributed by atoms with Gasteiger partial charge in [0, 0.05) is 29.1 Å². The van der Waals surface area contributed by atoms with Crippen LogP contribution >= 0.6 is 0 Å². The number of rotatable bonds is 5. The Morgan fingerprint density at radius 1 is 1.12 bits per heavy atom. The Balaban J connectivity index is 1.81. The highest BCUT2D eigenvalue weighted by Gasteiger charge is 2.23. The molecule has 0 aliphatic carbocycles. The lowest BCUT2D eigenvalue weighted by Crippen LogP contribution is -2.43.